The van der Waals surface area contributed by atoms with Crippen LogP contribution in [0, 0.1) is 5.82 Å². The van der Waals surface area contributed by atoms with E-state index >= 15 is 0 Å². The molecule has 2 N–H and O–H groups in total. The topological polar surface area (TPSA) is 88.0 Å². The first kappa shape index (κ1) is 21.8. The second-order valence-corrected chi connectivity index (χ2v) is 8.30. The highest BCUT2D eigenvalue weighted by Crippen LogP contribution is 2.33. The molecule has 162 valence electrons. The van der Waals surface area contributed by atoms with Crippen LogP contribution in [0.5, 0.6) is 0 Å². The van der Waals surface area contributed by atoms with Crippen molar-refractivity contribution in [3.8, 4) is 11.1 Å². The predicted octanol–water partition coefficient (Wildman–Crippen LogP) is 5.14. The standard InChI is InChI=1S/C24H20ClFN4O2/c1-24(2,32)23-29-10-17(11-30-23)15-4-6-21-18(8-15)22(19(25)12-27-21)28-9-16-7-14(13-31)3-5-20(16)26/h3-8,10-13,32H,9H2,1-2H3,(H,27,28). The Hall–Kier alpha value is -3.42. The van der Waals surface area contributed by atoms with Crippen LogP contribution in [0.2, 0.25) is 5.02 Å². The van der Waals surface area contributed by atoms with Gasteiger partial charge in [0.2, 0.25) is 0 Å². The molecule has 2 aromatic heterocycles. The third-order valence-corrected chi connectivity index (χ3v) is 5.30. The number of aliphatic hydroxyl groups is 1. The van der Waals surface area contributed by atoms with Crippen molar-refractivity contribution in [1.82, 2.24) is 15.0 Å². The maximum atomic E-state index is 14.2. The van der Waals surface area contributed by atoms with Crippen molar-refractivity contribution in [2.45, 2.75) is 26.0 Å². The fraction of sp³-hybridized carbons (Fsp3) is 0.167. The lowest BCUT2D eigenvalue weighted by molar-refractivity contribution is 0.0687. The first-order valence-corrected chi connectivity index (χ1v) is 10.2. The van der Waals surface area contributed by atoms with Crippen molar-refractivity contribution >= 4 is 34.5 Å². The van der Waals surface area contributed by atoms with Crippen molar-refractivity contribution in [3.05, 3.63) is 82.8 Å². The third-order valence-electron chi connectivity index (χ3n) is 5.02. The van der Waals surface area contributed by atoms with Gasteiger partial charge in [0.05, 0.1) is 16.2 Å². The SMILES string of the molecule is CC(C)(O)c1ncc(-c2ccc3ncc(Cl)c(NCc4cc(C=O)ccc4F)c3c2)cn1. The summed E-state index contributed by atoms with van der Waals surface area (Å²) >= 11 is 6.41. The van der Waals surface area contributed by atoms with Crippen LogP contribution in [0.4, 0.5) is 10.1 Å². The molecule has 0 spiro atoms. The number of hydrogen-bond acceptors (Lipinski definition) is 6. The summed E-state index contributed by atoms with van der Waals surface area (Å²) in [6.45, 7) is 3.38. The van der Waals surface area contributed by atoms with Crippen LogP contribution in [0.25, 0.3) is 22.0 Å². The van der Waals surface area contributed by atoms with Gasteiger partial charge in [-0.1, -0.05) is 17.7 Å². The van der Waals surface area contributed by atoms with Crippen LogP contribution < -0.4 is 5.32 Å². The number of halogens is 2. The number of aldehydes is 1. The maximum Gasteiger partial charge on any atom is 0.159 e. The van der Waals surface area contributed by atoms with Crippen molar-refractivity contribution in [2.24, 2.45) is 0 Å². The molecule has 32 heavy (non-hydrogen) atoms. The number of aromatic nitrogens is 3. The zero-order valence-corrected chi connectivity index (χ0v) is 18.2. The van der Waals surface area contributed by atoms with Crippen LogP contribution in [0.3, 0.4) is 0 Å². The molecule has 2 aromatic carbocycles. The number of fused-ring (bicyclic) bond motifs is 1. The molecule has 8 heteroatoms. The summed E-state index contributed by atoms with van der Waals surface area (Å²) in [5.74, 6) is -0.0870. The van der Waals surface area contributed by atoms with Gasteiger partial charge >= 0.3 is 0 Å². The monoisotopic (exact) mass is 450 g/mol. The lowest BCUT2D eigenvalue weighted by atomic mass is 10.0. The molecule has 0 saturated carbocycles. The summed E-state index contributed by atoms with van der Waals surface area (Å²) in [6.07, 6.45) is 5.50. The minimum absolute atomic E-state index is 0.139. The second kappa shape index (κ2) is 8.61. The fourth-order valence-electron chi connectivity index (χ4n) is 3.31. The van der Waals surface area contributed by atoms with Gasteiger partial charge in [0, 0.05) is 47.2 Å². The largest absolute Gasteiger partial charge is 0.382 e. The van der Waals surface area contributed by atoms with Gasteiger partial charge in [-0.05, 0) is 49.7 Å². The highest BCUT2D eigenvalue weighted by Gasteiger charge is 2.19. The lowest BCUT2D eigenvalue weighted by Crippen LogP contribution is -2.19. The van der Waals surface area contributed by atoms with E-state index < -0.39 is 11.4 Å². The van der Waals surface area contributed by atoms with Gasteiger partial charge in [0.1, 0.15) is 17.7 Å². The molecule has 0 aliphatic heterocycles. The van der Waals surface area contributed by atoms with Gasteiger partial charge in [0.15, 0.2) is 5.82 Å². The zero-order valence-electron chi connectivity index (χ0n) is 17.4. The highest BCUT2D eigenvalue weighted by atomic mass is 35.5. The molecule has 2 heterocycles. The molecular weight excluding hydrogens is 431 g/mol. The number of rotatable bonds is 6. The second-order valence-electron chi connectivity index (χ2n) is 7.89. The van der Waals surface area contributed by atoms with E-state index in [-0.39, 0.29) is 6.54 Å². The molecule has 0 amide bonds. The van der Waals surface area contributed by atoms with E-state index in [0.29, 0.717) is 39.5 Å². The number of nitrogens with one attached hydrogen (secondary N) is 1. The molecule has 0 fully saturated rings. The maximum absolute atomic E-state index is 14.2. The van der Waals surface area contributed by atoms with E-state index in [2.05, 4.69) is 20.3 Å². The molecule has 4 rings (SSSR count). The minimum atomic E-state index is -1.13. The third kappa shape index (κ3) is 4.44. The molecule has 0 atom stereocenters. The molecule has 4 aromatic rings. The Labute approximate surface area is 189 Å². The van der Waals surface area contributed by atoms with E-state index in [9.17, 15) is 14.3 Å². The summed E-state index contributed by atoms with van der Waals surface area (Å²) in [7, 11) is 0. The summed E-state index contributed by atoms with van der Waals surface area (Å²) < 4.78 is 14.2. The number of pyridine rings is 1. The first-order valence-electron chi connectivity index (χ1n) is 9.87. The van der Waals surface area contributed by atoms with Crippen LogP contribution in [-0.4, -0.2) is 26.3 Å². The number of hydrogen-bond donors (Lipinski definition) is 2. The van der Waals surface area contributed by atoms with Gasteiger partial charge in [-0.25, -0.2) is 14.4 Å². The van der Waals surface area contributed by atoms with Crippen LogP contribution in [-0.2, 0) is 12.1 Å². The van der Waals surface area contributed by atoms with Crippen molar-refractivity contribution in [3.63, 3.8) is 0 Å². The number of nitrogens with zero attached hydrogens (tertiary/aromatic N) is 3. The summed E-state index contributed by atoms with van der Waals surface area (Å²) in [4.78, 5) is 23.9. The van der Waals surface area contributed by atoms with Crippen molar-refractivity contribution in [2.75, 3.05) is 5.32 Å². The van der Waals surface area contributed by atoms with Crippen molar-refractivity contribution in [1.29, 1.82) is 0 Å². The Balaban J connectivity index is 1.70. The van der Waals surface area contributed by atoms with E-state index in [1.54, 1.807) is 26.2 Å². The number of carbonyl (C=O) groups excluding carboxylic acids is 1. The van der Waals surface area contributed by atoms with Crippen LogP contribution in [0.15, 0.2) is 55.0 Å². The predicted molar refractivity (Wildman–Crippen MR) is 122 cm³/mol. The normalized spacial score (nSPS) is 11.5. The van der Waals surface area contributed by atoms with E-state index in [1.807, 2.05) is 18.2 Å². The minimum Gasteiger partial charge on any atom is -0.382 e. The summed E-state index contributed by atoms with van der Waals surface area (Å²) in [6, 6.07) is 9.84. The van der Waals surface area contributed by atoms with Gasteiger partial charge in [-0.3, -0.25) is 9.78 Å². The molecular formula is C24H20ClFN4O2. The molecule has 0 unspecified atom stereocenters. The molecule has 0 radical (unpaired) electrons. The number of benzene rings is 2. The Morgan fingerprint density at radius 3 is 2.50 bits per heavy atom. The summed E-state index contributed by atoms with van der Waals surface area (Å²) in [5.41, 5.74) is 2.51. The average Bonchev–Trinajstić information content (AvgIpc) is 2.78. The van der Waals surface area contributed by atoms with Gasteiger partial charge < -0.3 is 10.4 Å². The first-order chi connectivity index (χ1) is 15.3. The van der Waals surface area contributed by atoms with Gasteiger partial charge in [-0.2, -0.15) is 0 Å². The Kier molecular flexibility index (Phi) is 5.86. The van der Waals surface area contributed by atoms with E-state index in [1.165, 1.54) is 24.4 Å². The van der Waals surface area contributed by atoms with Crippen LogP contribution >= 0.6 is 11.6 Å². The van der Waals surface area contributed by atoms with E-state index in [0.717, 1.165) is 16.5 Å². The fourth-order valence-corrected chi connectivity index (χ4v) is 3.53. The Morgan fingerprint density at radius 2 is 1.81 bits per heavy atom. The molecule has 0 bridgehead atoms. The Bertz CT molecular complexity index is 1300. The van der Waals surface area contributed by atoms with E-state index in [4.69, 9.17) is 11.6 Å². The van der Waals surface area contributed by atoms with Gasteiger partial charge in [0.25, 0.3) is 0 Å². The molecule has 0 saturated heterocycles. The number of anilines is 1. The smallest absolute Gasteiger partial charge is 0.159 e. The zero-order chi connectivity index (χ0) is 22.9. The molecule has 6 nitrogen and oxygen atoms in total. The summed E-state index contributed by atoms with van der Waals surface area (Å²) in [5, 5.41) is 14.4. The quantitative estimate of drug-likeness (QED) is 0.395. The average molecular weight is 451 g/mol. The highest BCUT2D eigenvalue weighted by molar-refractivity contribution is 6.34. The molecule has 0 aliphatic carbocycles. The molecule has 0 aliphatic rings. The Morgan fingerprint density at radius 1 is 1.06 bits per heavy atom. The lowest BCUT2D eigenvalue weighted by Gasteiger charge is -2.15. The number of carbonyl (C=O) groups is 1. The van der Waals surface area contributed by atoms with Crippen molar-refractivity contribution < 1.29 is 14.3 Å². The van der Waals surface area contributed by atoms with Crippen LogP contribution in [0.1, 0.15) is 35.6 Å². The van der Waals surface area contributed by atoms with Gasteiger partial charge in [-0.15, -0.1) is 0 Å².